The lowest BCUT2D eigenvalue weighted by atomic mass is 10.3. The van der Waals surface area contributed by atoms with Crippen molar-refractivity contribution in [3.05, 3.63) is 16.6 Å². The van der Waals surface area contributed by atoms with Crippen LogP contribution in [0.2, 0.25) is 0 Å². The van der Waals surface area contributed by atoms with E-state index in [2.05, 4.69) is 4.98 Å². The SMILES string of the molecule is CN(CC1CC1)C(=O)c1cscn1. The second-order valence-corrected chi connectivity index (χ2v) is 4.22. The lowest BCUT2D eigenvalue weighted by Gasteiger charge is -2.14. The predicted molar refractivity (Wildman–Crippen MR) is 51.8 cm³/mol. The molecule has 0 N–H and O–H groups in total. The van der Waals surface area contributed by atoms with Crippen LogP contribution in [-0.2, 0) is 0 Å². The Balaban J connectivity index is 1.95. The van der Waals surface area contributed by atoms with Crippen molar-refractivity contribution < 1.29 is 4.79 Å². The van der Waals surface area contributed by atoms with Gasteiger partial charge in [-0.2, -0.15) is 0 Å². The van der Waals surface area contributed by atoms with Crippen LogP contribution in [0.15, 0.2) is 10.9 Å². The van der Waals surface area contributed by atoms with E-state index in [1.165, 1.54) is 24.2 Å². The molecule has 1 saturated carbocycles. The molecular formula is C9H12N2OS. The lowest BCUT2D eigenvalue weighted by molar-refractivity contribution is 0.0783. The van der Waals surface area contributed by atoms with E-state index in [9.17, 15) is 4.79 Å². The van der Waals surface area contributed by atoms with Gasteiger partial charge in [0.15, 0.2) is 0 Å². The van der Waals surface area contributed by atoms with Gasteiger partial charge in [-0.1, -0.05) is 0 Å². The number of hydrogen-bond acceptors (Lipinski definition) is 3. The molecule has 1 amide bonds. The maximum atomic E-state index is 11.6. The summed E-state index contributed by atoms with van der Waals surface area (Å²) in [6.07, 6.45) is 2.55. The fourth-order valence-corrected chi connectivity index (χ4v) is 1.81. The zero-order chi connectivity index (χ0) is 9.26. The number of rotatable bonds is 3. The Bertz CT molecular complexity index is 293. The molecular weight excluding hydrogens is 184 g/mol. The van der Waals surface area contributed by atoms with Gasteiger partial charge in [-0.3, -0.25) is 4.79 Å². The smallest absolute Gasteiger partial charge is 0.273 e. The van der Waals surface area contributed by atoms with E-state index in [0.717, 1.165) is 12.5 Å². The summed E-state index contributed by atoms with van der Waals surface area (Å²) in [5.41, 5.74) is 2.27. The fourth-order valence-electron chi connectivity index (χ4n) is 1.28. The largest absolute Gasteiger partial charge is 0.340 e. The first-order valence-electron chi connectivity index (χ1n) is 4.41. The number of aromatic nitrogens is 1. The summed E-state index contributed by atoms with van der Waals surface area (Å²) in [7, 11) is 1.85. The molecule has 0 saturated heterocycles. The van der Waals surface area contributed by atoms with Gasteiger partial charge in [0.25, 0.3) is 5.91 Å². The Morgan fingerprint density at radius 2 is 2.54 bits per heavy atom. The molecule has 1 aliphatic carbocycles. The van der Waals surface area contributed by atoms with Gasteiger partial charge < -0.3 is 4.90 Å². The van der Waals surface area contributed by atoms with Gasteiger partial charge in [0.2, 0.25) is 0 Å². The number of thiazole rings is 1. The number of nitrogens with zero attached hydrogens (tertiary/aromatic N) is 2. The van der Waals surface area contributed by atoms with Crippen molar-refractivity contribution in [2.45, 2.75) is 12.8 Å². The van der Waals surface area contributed by atoms with Gasteiger partial charge in [0, 0.05) is 19.0 Å². The van der Waals surface area contributed by atoms with Crippen LogP contribution in [0.5, 0.6) is 0 Å². The third kappa shape index (κ3) is 2.06. The molecule has 1 aromatic heterocycles. The van der Waals surface area contributed by atoms with Crippen molar-refractivity contribution in [1.82, 2.24) is 9.88 Å². The average Bonchev–Trinajstić information content (AvgIpc) is 2.78. The topological polar surface area (TPSA) is 33.2 Å². The molecule has 13 heavy (non-hydrogen) atoms. The van der Waals surface area contributed by atoms with Crippen LogP contribution in [0, 0.1) is 5.92 Å². The number of carbonyl (C=O) groups excluding carboxylic acids is 1. The van der Waals surface area contributed by atoms with Crippen LogP contribution in [0.1, 0.15) is 23.3 Å². The Hall–Kier alpha value is -0.900. The molecule has 0 radical (unpaired) electrons. The van der Waals surface area contributed by atoms with E-state index < -0.39 is 0 Å². The van der Waals surface area contributed by atoms with Crippen molar-refractivity contribution in [2.75, 3.05) is 13.6 Å². The molecule has 3 nitrogen and oxygen atoms in total. The molecule has 0 unspecified atom stereocenters. The summed E-state index contributed by atoms with van der Waals surface area (Å²) in [6.45, 7) is 0.885. The molecule has 0 atom stereocenters. The highest BCUT2D eigenvalue weighted by atomic mass is 32.1. The Labute approximate surface area is 81.4 Å². The summed E-state index contributed by atoms with van der Waals surface area (Å²) in [5.74, 6) is 0.792. The second kappa shape index (κ2) is 3.46. The van der Waals surface area contributed by atoms with E-state index in [4.69, 9.17) is 0 Å². The third-order valence-corrected chi connectivity index (χ3v) is 2.81. The van der Waals surface area contributed by atoms with Gasteiger partial charge in [0.05, 0.1) is 5.51 Å². The summed E-state index contributed by atoms with van der Waals surface area (Å²) in [6, 6.07) is 0. The van der Waals surface area contributed by atoms with Crippen molar-refractivity contribution in [3.8, 4) is 0 Å². The highest BCUT2D eigenvalue weighted by molar-refractivity contribution is 7.07. The fraction of sp³-hybridized carbons (Fsp3) is 0.556. The maximum absolute atomic E-state index is 11.6. The molecule has 4 heteroatoms. The van der Waals surface area contributed by atoms with Crippen LogP contribution >= 0.6 is 11.3 Å². The molecule has 0 aliphatic heterocycles. The van der Waals surface area contributed by atoms with Crippen molar-refractivity contribution in [3.63, 3.8) is 0 Å². The van der Waals surface area contributed by atoms with Crippen LogP contribution < -0.4 is 0 Å². The van der Waals surface area contributed by atoms with Crippen molar-refractivity contribution in [1.29, 1.82) is 0 Å². The normalized spacial score (nSPS) is 15.8. The second-order valence-electron chi connectivity index (χ2n) is 3.50. The molecule has 1 fully saturated rings. The maximum Gasteiger partial charge on any atom is 0.273 e. The Morgan fingerprint density at radius 1 is 1.77 bits per heavy atom. The van der Waals surface area contributed by atoms with Crippen molar-refractivity contribution in [2.24, 2.45) is 5.92 Å². The minimum absolute atomic E-state index is 0.0492. The summed E-state index contributed by atoms with van der Waals surface area (Å²) < 4.78 is 0. The van der Waals surface area contributed by atoms with Gasteiger partial charge in [0.1, 0.15) is 5.69 Å². The van der Waals surface area contributed by atoms with Gasteiger partial charge in [-0.25, -0.2) is 4.98 Å². The van der Waals surface area contributed by atoms with Gasteiger partial charge in [-0.15, -0.1) is 11.3 Å². The molecule has 1 aromatic rings. The quantitative estimate of drug-likeness (QED) is 0.736. The summed E-state index contributed by atoms with van der Waals surface area (Å²) >= 11 is 1.46. The first-order chi connectivity index (χ1) is 6.27. The zero-order valence-corrected chi connectivity index (χ0v) is 8.38. The molecule has 0 spiro atoms. The van der Waals surface area contributed by atoms with Gasteiger partial charge in [-0.05, 0) is 18.8 Å². The monoisotopic (exact) mass is 196 g/mol. The van der Waals surface area contributed by atoms with Crippen LogP contribution in [0.3, 0.4) is 0 Å². The molecule has 70 valence electrons. The van der Waals surface area contributed by atoms with E-state index in [1.54, 1.807) is 15.8 Å². The molecule has 2 rings (SSSR count). The van der Waals surface area contributed by atoms with Gasteiger partial charge >= 0.3 is 0 Å². The number of amides is 1. The van der Waals surface area contributed by atoms with Crippen LogP contribution in [0.25, 0.3) is 0 Å². The standard InChI is InChI=1S/C9H12N2OS/c1-11(4-7-2-3-7)9(12)8-5-13-6-10-8/h5-7H,2-4H2,1H3. The summed E-state index contributed by atoms with van der Waals surface area (Å²) in [5, 5.41) is 1.80. The first-order valence-corrected chi connectivity index (χ1v) is 5.35. The van der Waals surface area contributed by atoms with E-state index in [0.29, 0.717) is 5.69 Å². The predicted octanol–water partition coefficient (Wildman–Crippen LogP) is 1.63. The van der Waals surface area contributed by atoms with E-state index >= 15 is 0 Å². The molecule has 0 aromatic carbocycles. The van der Waals surface area contributed by atoms with Crippen LogP contribution in [-0.4, -0.2) is 29.4 Å². The molecule has 1 heterocycles. The number of hydrogen-bond donors (Lipinski definition) is 0. The van der Waals surface area contributed by atoms with Crippen LogP contribution in [0.4, 0.5) is 0 Å². The molecule has 0 bridgehead atoms. The summed E-state index contributed by atoms with van der Waals surface area (Å²) in [4.78, 5) is 17.4. The lowest BCUT2D eigenvalue weighted by Crippen LogP contribution is -2.28. The van der Waals surface area contributed by atoms with Crippen molar-refractivity contribution >= 4 is 17.2 Å². The Morgan fingerprint density at radius 3 is 3.08 bits per heavy atom. The first kappa shape index (κ1) is 8.69. The minimum Gasteiger partial charge on any atom is -0.340 e. The zero-order valence-electron chi connectivity index (χ0n) is 7.56. The number of carbonyl (C=O) groups is 1. The highest BCUT2D eigenvalue weighted by Gasteiger charge is 2.25. The van der Waals surface area contributed by atoms with E-state index in [-0.39, 0.29) is 5.91 Å². The highest BCUT2D eigenvalue weighted by Crippen LogP contribution is 2.29. The molecule has 1 aliphatic rings. The third-order valence-electron chi connectivity index (χ3n) is 2.23. The van der Waals surface area contributed by atoms with E-state index in [1.807, 2.05) is 7.05 Å². The minimum atomic E-state index is 0.0492. The average molecular weight is 196 g/mol. The Kier molecular flexibility index (Phi) is 2.31.